The molecule has 0 amide bonds. The van der Waals surface area contributed by atoms with Crippen LogP contribution in [0.1, 0.15) is 12.8 Å². The van der Waals surface area contributed by atoms with E-state index in [0.717, 1.165) is 0 Å². The van der Waals surface area contributed by atoms with Gasteiger partial charge in [-0.1, -0.05) is 0 Å². The smallest absolute Gasteiger partial charge is 0.550 e. The summed E-state index contributed by atoms with van der Waals surface area (Å²) in [6, 6.07) is 0. The maximum absolute atomic E-state index is 10.3. The average molecular weight is 398 g/mol. The monoisotopic (exact) mass is 399 g/mol. The molecule has 0 bridgehead atoms. The van der Waals surface area contributed by atoms with Crippen LogP contribution in [0.15, 0.2) is 24.3 Å². The van der Waals surface area contributed by atoms with Crippen LogP contribution >= 0.6 is 0 Å². The number of aliphatic hydroxyl groups is 1. The number of carbonyl (C=O) groups is 5. The van der Waals surface area contributed by atoms with Gasteiger partial charge in [-0.15, -0.1) is 0 Å². The summed E-state index contributed by atoms with van der Waals surface area (Å²) in [5, 5.41) is 38.9. The third-order valence-electron chi connectivity index (χ3n) is 2.08. The van der Waals surface area contributed by atoms with Crippen molar-refractivity contribution in [2.45, 2.75) is 18.4 Å². The van der Waals surface area contributed by atoms with Crippen molar-refractivity contribution in [3.8, 4) is 0 Å². The number of hydrogen-bond donors (Lipinski definition) is 1. The first-order valence-corrected chi connectivity index (χ1v) is 5.34. The second kappa shape index (κ2) is 9.70. The summed E-state index contributed by atoms with van der Waals surface area (Å²) in [4.78, 5) is 50.6. The van der Waals surface area contributed by atoms with Crippen LogP contribution in [0.5, 0.6) is 0 Å². The minimum Gasteiger partial charge on any atom is -0.550 e. The molecule has 0 saturated carbocycles. The van der Waals surface area contributed by atoms with Crippen molar-refractivity contribution in [2.24, 2.45) is 0 Å². The molecule has 1 N–H and O–H groups in total. The topological polar surface area (TPSA) is 175 Å². The molecule has 0 aromatic rings. The largest absolute Gasteiger partial charge is 3.00 e. The van der Waals surface area contributed by atoms with E-state index < -0.39 is 36.4 Å². The quantitative estimate of drug-likeness (QED) is 0.351. The summed E-state index contributed by atoms with van der Waals surface area (Å²) in [7, 11) is 0. The van der Waals surface area contributed by atoms with Gasteiger partial charge in [0.05, 0.1) is 5.97 Å². The van der Waals surface area contributed by atoms with Gasteiger partial charge in [0.2, 0.25) is 0 Å². The van der Waals surface area contributed by atoms with Crippen LogP contribution in [0.2, 0.25) is 0 Å². The van der Waals surface area contributed by atoms with E-state index in [0.29, 0.717) is 0 Å². The summed E-state index contributed by atoms with van der Waals surface area (Å²) in [6.07, 6.45) is 2.29. The number of aliphatic carboxylic acids is 3. The number of carboxylic acid groups (broad SMARTS) is 3. The second-order valence-corrected chi connectivity index (χ2v) is 3.89. The van der Waals surface area contributed by atoms with Gasteiger partial charge in [-0.3, -0.25) is 9.59 Å². The Labute approximate surface area is 136 Å². The third-order valence-corrected chi connectivity index (χ3v) is 2.08. The molecule has 10 heteroatoms. The molecule has 0 heterocycles. The van der Waals surface area contributed by atoms with Crippen LogP contribution in [-0.2, 0) is 43.5 Å². The first kappa shape index (κ1) is 22.1. The molecule has 0 atom stereocenters. The maximum Gasteiger partial charge on any atom is 3.00 e. The molecule has 0 aromatic heterocycles. The molecule has 119 valence electrons. The van der Waals surface area contributed by atoms with Gasteiger partial charge in [-0.05, 0) is 24.3 Å². The van der Waals surface area contributed by atoms with Crippen LogP contribution in [0.3, 0.4) is 0 Å². The van der Waals surface area contributed by atoms with Crippen molar-refractivity contribution in [3.05, 3.63) is 24.3 Å². The molecule has 0 unspecified atom stereocenters. The van der Waals surface area contributed by atoms with Gasteiger partial charge in [-0.25, -0.2) is 0 Å². The van der Waals surface area contributed by atoms with Crippen molar-refractivity contribution in [3.63, 3.8) is 0 Å². The number of ketones is 2. The SMILES string of the molecule is O=C([O-])CC(O)(CC(=O)[O-])C(=O)[O-].O=C1C=CC(=O)C=C1.[Ru+3]. The zero-order valence-electron chi connectivity index (χ0n) is 10.8. The first-order valence-electron chi connectivity index (χ1n) is 5.34. The zero-order chi connectivity index (χ0) is 16.6. The van der Waals surface area contributed by atoms with Crippen LogP contribution in [0.25, 0.3) is 0 Å². The van der Waals surface area contributed by atoms with Crippen molar-refractivity contribution >= 4 is 29.5 Å². The summed E-state index contributed by atoms with van der Waals surface area (Å²) in [5.41, 5.74) is -2.97. The molecular formula is C12H9O9Ru. The average Bonchev–Trinajstić information content (AvgIpc) is 2.31. The Bertz CT molecular complexity index is 479. The standard InChI is InChI=1S/C6H8O7.C6H4O2.Ru/c7-3(8)1-6(13,5(11)12)2-4(9)10;7-5-1-2-6(8)4-3-5;/h13H,1-2H2,(H,7,8)(H,9,10)(H,11,12);1-4H;/q;;+3/p-3. The van der Waals surface area contributed by atoms with Gasteiger partial charge >= 0.3 is 19.5 Å². The number of allylic oxidation sites excluding steroid dienone is 4. The second-order valence-electron chi connectivity index (χ2n) is 3.89. The number of hydrogen-bond acceptors (Lipinski definition) is 9. The van der Waals surface area contributed by atoms with E-state index in [2.05, 4.69) is 0 Å². The number of rotatable bonds is 5. The van der Waals surface area contributed by atoms with E-state index in [-0.39, 0.29) is 31.0 Å². The Balaban J connectivity index is 0. The van der Waals surface area contributed by atoms with Crippen molar-refractivity contribution in [2.75, 3.05) is 0 Å². The predicted octanol–water partition coefficient (Wildman–Crippen LogP) is -5.00. The Hall–Kier alpha value is -2.19. The van der Waals surface area contributed by atoms with Gasteiger partial charge < -0.3 is 34.8 Å². The number of carbonyl (C=O) groups excluding carboxylic acids is 5. The third kappa shape index (κ3) is 8.88. The van der Waals surface area contributed by atoms with Gasteiger partial charge in [0.25, 0.3) is 0 Å². The summed E-state index contributed by atoms with van der Waals surface area (Å²) < 4.78 is 0. The minimum atomic E-state index is -2.97. The molecule has 0 aromatic carbocycles. The molecule has 1 radical (unpaired) electrons. The molecule has 0 aliphatic heterocycles. The molecule has 0 saturated heterocycles. The summed E-state index contributed by atoms with van der Waals surface area (Å²) in [6.45, 7) is 0. The Morgan fingerprint density at radius 3 is 1.32 bits per heavy atom. The van der Waals surface area contributed by atoms with Crippen molar-refractivity contribution < 1.29 is 63.9 Å². The maximum atomic E-state index is 10.3. The van der Waals surface area contributed by atoms with Gasteiger partial charge in [0.1, 0.15) is 5.60 Å². The van der Waals surface area contributed by atoms with Crippen LogP contribution in [-0.4, -0.2) is 40.2 Å². The normalized spacial score (nSPS) is 12.8. The van der Waals surface area contributed by atoms with Crippen molar-refractivity contribution in [1.29, 1.82) is 0 Å². The predicted molar refractivity (Wildman–Crippen MR) is 57.5 cm³/mol. The van der Waals surface area contributed by atoms with Crippen LogP contribution in [0.4, 0.5) is 0 Å². The van der Waals surface area contributed by atoms with Crippen LogP contribution < -0.4 is 15.3 Å². The molecule has 1 rings (SSSR count). The van der Waals surface area contributed by atoms with Gasteiger partial charge in [0, 0.05) is 24.8 Å². The first-order chi connectivity index (χ1) is 9.56. The molecule has 22 heavy (non-hydrogen) atoms. The van der Waals surface area contributed by atoms with Crippen molar-refractivity contribution in [1.82, 2.24) is 0 Å². The summed E-state index contributed by atoms with van der Waals surface area (Å²) >= 11 is 0. The number of carboxylic acids is 3. The molecular weight excluding hydrogens is 389 g/mol. The Kier molecular flexibility index (Phi) is 9.74. The minimum absolute atomic E-state index is 0. The fourth-order valence-electron chi connectivity index (χ4n) is 1.12. The fourth-order valence-corrected chi connectivity index (χ4v) is 1.12. The molecule has 1 aliphatic carbocycles. The molecule has 9 nitrogen and oxygen atoms in total. The van der Waals surface area contributed by atoms with Gasteiger partial charge in [-0.2, -0.15) is 0 Å². The summed E-state index contributed by atoms with van der Waals surface area (Å²) in [5.74, 6) is -6.23. The Morgan fingerprint density at radius 2 is 1.14 bits per heavy atom. The van der Waals surface area contributed by atoms with E-state index in [1.54, 1.807) is 0 Å². The molecule has 0 fully saturated rings. The van der Waals surface area contributed by atoms with Crippen LogP contribution in [0, 0.1) is 0 Å². The van der Waals surface area contributed by atoms with E-state index in [1.807, 2.05) is 0 Å². The van der Waals surface area contributed by atoms with Gasteiger partial charge in [0.15, 0.2) is 11.6 Å². The molecule has 0 spiro atoms. The zero-order valence-corrected chi connectivity index (χ0v) is 12.5. The van der Waals surface area contributed by atoms with E-state index >= 15 is 0 Å². The van der Waals surface area contributed by atoms with E-state index in [4.69, 9.17) is 5.11 Å². The van der Waals surface area contributed by atoms with E-state index in [1.165, 1.54) is 24.3 Å². The molecule has 1 aliphatic rings. The Morgan fingerprint density at radius 1 is 0.864 bits per heavy atom. The fraction of sp³-hybridized carbons (Fsp3) is 0.250. The van der Waals surface area contributed by atoms with E-state index in [9.17, 15) is 39.3 Å².